The molecule has 3 rings (SSSR count). The topological polar surface area (TPSA) is 37.4 Å². The first kappa shape index (κ1) is 15.0. The SMILES string of the molecule is O=S(=O)(c1ccc(CCCl)cc1)N1CCc2sccc2C1. The van der Waals surface area contributed by atoms with Gasteiger partial charge in [0.1, 0.15) is 0 Å². The van der Waals surface area contributed by atoms with Crippen molar-refractivity contribution in [2.45, 2.75) is 24.3 Å². The molecule has 0 aliphatic carbocycles. The van der Waals surface area contributed by atoms with E-state index < -0.39 is 10.0 Å². The number of hydrogen-bond acceptors (Lipinski definition) is 3. The first-order valence-corrected chi connectivity index (χ1v) is 9.67. The maximum atomic E-state index is 12.7. The Morgan fingerprint density at radius 3 is 2.67 bits per heavy atom. The molecule has 0 amide bonds. The average Bonchev–Trinajstić information content (AvgIpc) is 2.95. The lowest BCUT2D eigenvalue weighted by molar-refractivity contribution is 0.394. The van der Waals surface area contributed by atoms with Crippen LogP contribution in [-0.2, 0) is 29.4 Å². The van der Waals surface area contributed by atoms with E-state index in [1.165, 1.54) is 4.88 Å². The molecule has 1 aromatic heterocycles. The Morgan fingerprint density at radius 1 is 1.19 bits per heavy atom. The molecule has 0 N–H and O–H groups in total. The number of benzene rings is 1. The molecule has 0 unspecified atom stereocenters. The summed E-state index contributed by atoms with van der Waals surface area (Å²) in [5.41, 5.74) is 2.19. The highest BCUT2D eigenvalue weighted by atomic mass is 35.5. The minimum Gasteiger partial charge on any atom is -0.207 e. The number of aryl methyl sites for hydroxylation is 1. The monoisotopic (exact) mass is 341 g/mol. The molecule has 21 heavy (non-hydrogen) atoms. The van der Waals surface area contributed by atoms with E-state index in [4.69, 9.17) is 11.6 Å². The minimum absolute atomic E-state index is 0.361. The molecule has 6 heteroatoms. The van der Waals surface area contributed by atoms with Crippen molar-refractivity contribution in [2.75, 3.05) is 12.4 Å². The van der Waals surface area contributed by atoms with Gasteiger partial charge in [0, 0.05) is 23.8 Å². The molecule has 0 fully saturated rings. The first-order chi connectivity index (χ1) is 10.1. The van der Waals surface area contributed by atoms with Crippen LogP contribution in [0, 0.1) is 0 Å². The fourth-order valence-corrected chi connectivity index (χ4v) is 5.04. The lowest BCUT2D eigenvalue weighted by atomic mass is 10.1. The van der Waals surface area contributed by atoms with E-state index in [1.54, 1.807) is 27.8 Å². The van der Waals surface area contributed by atoms with Crippen molar-refractivity contribution in [2.24, 2.45) is 0 Å². The van der Waals surface area contributed by atoms with E-state index in [0.29, 0.717) is 23.9 Å². The van der Waals surface area contributed by atoms with Crippen LogP contribution < -0.4 is 0 Å². The van der Waals surface area contributed by atoms with Gasteiger partial charge in [-0.25, -0.2) is 8.42 Å². The summed E-state index contributed by atoms with van der Waals surface area (Å²) in [7, 11) is -3.41. The molecule has 112 valence electrons. The molecule has 0 radical (unpaired) electrons. The highest BCUT2D eigenvalue weighted by molar-refractivity contribution is 7.89. The van der Waals surface area contributed by atoms with Crippen molar-refractivity contribution in [3.05, 3.63) is 51.7 Å². The summed E-state index contributed by atoms with van der Waals surface area (Å²) in [6.07, 6.45) is 1.56. The summed E-state index contributed by atoms with van der Waals surface area (Å²) in [5, 5.41) is 2.03. The Hall–Kier alpha value is -0.880. The van der Waals surface area contributed by atoms with Gasteiger partial charge in [-0.1, -0.05) is 12.1 Å². The van der Waals surface area contributed by atoms with E-state index in [9.17, 15) is 8.42 Å². The molecule has 2 aromatic rings. The smallest absolute Gasteiger partial charge is 0.207 e. The largest absolute Gasteiger partial charge is 0.243 e. The number of alkyl halides is 1. The summed E-state index contributed by atoms with van der Waals surface area (Å²) >= 11 is 7.41. The Labute approximate surface area is 134 Å². The van der Waals surface area contributed by atoms with Crippen LogP contribution in [0.3, 0.4) is 0 Å². The quantitative estimate of drug-likeness (QED) is 0.800. The zero-order valence-corrected chi connectivity index (χ0v) is 13.8. The van der Waals surface area contributed by atoms with Gasteiger partial charge in [0.05, 0.1) is 4.90 Å². The van der Waals surface area contributed by atoms with Gasteiger partial charge >= 0.3 is 0 Å². The molecule has 0 atom stereocenters. The first-order valence-electron chi connectivity index (χ1n) is 6.81. The van der Waals surface area contributed by atoms with E-state index in [0.717, 1.165) is 24.0 Å². The number of fused-ring (bicyclic) bond motifs is 1. The fourth-order valence-electron chi connectivity index (χ4n) is 2.51. The third-order valence-corrected chi connectivity index (χ3v) is 6.79. The van der Waals surface area contributed by atoms with Crippen molar-refractivity contribution in [1.82, 2.24) is 4.31 Å². The second-order valence-corrected chi connectivity index (χ2v) is 8.36. The molecule has 0 spiro atoms. The van der Waals surface area contributed by atoms with Crippen molar-refractivity contribution in [3.63, 3.8) is 0 Å². The highest BCUT2D eigenvalue weighted by Gasteiger charge is 2.28. The summed E-state index contributed by atoms with van der Waals surface area (Å²) in [5.74, 6) is 0.541. The predicted molar refractivity (Wildman–Crippen MR) is 86.5 cm³/mol. The van der Waals surface area contributed by atoms with Crippen LogP contribution in [0.15, 0.2) is 40.6 Å². The molecule has 1 aliphatic heterocycles. The van der Waals surface area contributed by atoms with Crippen LogP contribution in [-0.4, -0.2) is 25.1 Å². The van der Waals surface area contributed by atoms with Crippen molar-refractivity contribution in [3.8, 4) is 0 Å². The van der Waals surface area contributed by atoms with Crippen molar-refractivity contribution in [1.29, 1.82) is 0 Å². The number of thiophene rings is 1. The van der Waals surface area contributed by atoms with Crippen LogP contribution in [0.5, 0.6) is 0 Å². The number of rotatable bonds is 4. The average molecular weight is 342 g/mol. The zero-order valence-electron chi connectivity index (χ0n) is 11.5. The van der Waals surface area contributed by atoms with Gasteiger partial charge in [-0.15, -0.1) is 22.9 Å². The second kappa shape index (κ2) is 6.08. The fraction of sp³-hybridized carbons (Fsp3) is 0.333. The second-order valence-electron chi connectivity index (χ2n) is 5.04. The molecule has 1 aliphatic rings. The molecule has 0 bridgehead atoms. The van der Waals surface area contributed by atoms with Crippen molar-refractivity contribution < 1.29 is 8.42 Å². The van der Waals surface area contributed by atoms with E-state index >= 15 is 0 Å². The maximum Gasteiger partial charge on any atom is 0.243 e. The summed E-state index contributed by atoms with van der Waals surface area (Å²) in [4.78, 5) is 1.67. The summed E-state index contributed by atoms with van der Waals surface area (Å²) in [6, 6.07) is 9.07. The molecule has 0 saturated heterocycles. The van der Waals surface area contributed by atoms with Crippen LogP contribution in [0.4, 0.5) is 0 Å². The lowest BCUT2D eigenvalue weighted by Gasteiger charge is -2.26. The Morgan fingerprint density at radius 2 is 1.95 bits per heavy atom. The van der Waals surface area contributed by atoms with E-state index in [1.807, 2.05) is 23.6 Å². The summed E-state index contributed by atoms with van der Waals surface area (Å²) in [6.45, 7) is 1.03. The zero-order chi connectivity index (χ0) is 14.9. The van der Waals surface area contributed by atoms with Gasteiger partial charge in [0.15, 0.2) is 0 Å². The standard InChI is InChI=1S/C15H16ClNO2S2/c16-8-5-12-1-3-14(4-2-12)21(18,19)17-9-6-15-13(11-17)7-10-20-15/h1-4,7,10H,5-6,8-9,11H2. The maximum absolute atomic E-state index is 12.7. The summed E-state index contributed by atoms with van der Waals surface area (Å²) < 4.78 is 27.0. The molecule has 0 saturated carbocycles. The Kier molecular flexibility index (Phi) is 4.36. The predicted octanol–water partition coefficient (Wildman–Crippen LogP) is 3.28. The number of sulfonamides is 1. The minimum atomic E-state index is -3.41. The molecular formula is C15H16ClNO2S2. The normalized spacial score (nSPS) is 15.9. The lowest BCUT2D eigenvalue weighted by Crippen LogP contribution is -2.35. The molecular weight excluding hydrogens is 326 g/mol. The Bertz CT molecular complexity index is 722. The van der Waals surface area contributed by atoms with Crippen LogP contribution in [0.25, 0.3) is 0 Å². The van der Waals surface area contributed by atoms with Crippen LogP contribution in [0.1, 0.15) is 16.0 Å². The number of hydrogen-bond donors (Lipinski definition) is 0. The number of nitrogens with zero attached hydrogens (tertiary/aromatic N) is 1. The van der Waals surface area contributed by atoms with Crippen LogP contribution in [0.2, 0.25) is 0 Å². The third kappa shape index (κ3) is 3.01. The van der Waals surface area contributed by atoms with Gasteiger partial charge in [0.2, 0.25) is 10.0 Å². The van der Waals surface area contributed by atoms with E-state index in [-0.39, 0.29) is 0 Å². The van der Waals surface area contributed by atoms with Crippen LogP contribution >= 0.6 is 22.9 Å². The molecule has 2 heterocycles. The highest BCUT2D eigenvalue weighted by Crippen LogP contribution is 2.28. The van der Waals surface area contributed by atoms with Gasteiger partial charge in [-0.3, -0.25) is 0 Å². The third-order valence-electron chi connectivity index (χ3n) is 3.72. The van der Waals surface area contributed by atoms with Gasteiger partial charge < -0.3 is 0 Å². The van der Waals surface area contributed by atoms with E-state index in [2.05, 4.69) is 0 Å². The number of halogens is 1. The molecule has 1 aromatic carbocycles. The Balaban J connectivity index is 1.84. The molecule has 3 nitrogen and oxygen atoms in total. The van der Waals surface area contributed by atoms with Gasteiger partial charge in [-0.2, -0.15) is 4.31 Å². The van der Waals surface area contributed by atoms with Crippen molar-refractivity contribution >= 4 is 33.0 Å². The van der Waals surface area contributed by atoms with Gasteiger partial charge in [0.25, 0.3) is 0 Å². The van der Waals surface area contributed by atoms with Gasteiger partial charge in [-0.05, 0) is 47.5 Å².